The van der Waals surface area contributed by atoms with Gasteiger partial charge >= 0.3 is 6.03 Å². The summed E-state index contributed by atoms with van der Waals surface area (Å²) in [5.41, 5.74) is 1.65. The molecule has 1 aliphatic heterocycles. The predicted molar refractivity (Wildman–Crippen MR) is 96.7 cm³/mol. The fraction of sp³-hybridized carbons (Fsp3) is 0.350. The van der Waals surface area contributed by atoms with Crippen LogP contribution in [0.15, 0.2) is 48.5 Å². The number of carbonyl (C=O) groups excluding carboxylic acids is 1. The summed E-state index contributed by atoms with van der Waals surface area (Å²) in [6.07, 6.45) is 1.23. The van der Waals surface area contributed by atoms with Gasteiger partial charge in [-0.25, -0.2) is 13.6 Å². The molecule has 2 aromatic rings. The zero-order valence-electron chi connectivity index (χ0n) is 14.6. The predicted octanol–water partition coefficient (Wildman–Crippen LogP) is 3.08. The van der Waals surface area contributed by atoms with Gasteiger partial charge in [-0.05, 0) is 30.0 Å². The summed E-state index contributed by atoms with van der Waals surface area (Å²) >= 11 is 0. The standard InChI is InChI=1S/C20H23F2N3O/c21-17-7-6-16(19(22)12-17)8-10-23-20(26)24-18-9-11-25(14-18)13-15-4-2-1-3-5-15/h1-7,12,18H,8-11,13-14H2,(H2,23,24,26). The largest absolute Gasteiger partial charge is 0.338 e. The Labute approximate surface area is 152 Å². The molecule has 1 atom stereocenters. The lowest BCUT2D eigenvalue weighted by Crippen LogP contribution is -2.43. The molecule has 6 heteroatoms. The Morgan fingerprint density at radius 2 is 1.96 bits per heavy atom. The van der Waals surface area contributed by atoms with Crippen molar-refractivity contribution in [3.05, 3.63) is 71.3 Å². The van der Waals surface area contributed by atoms with E-state index in [9.17, 15) is 13.6 Å². The van der Waals surface area contributed by atoms with Crippen molar-refractivity contribution in [1.82, 2.24) is 15.5 Å². The fourth-order valence-corrected chi connectivity index (χ4v) is 3.21. The van der Waals surface area contributed by atoms with E-state index < -0.39 is 11.6 Å². The van der Waals surface area contributed by atoms with Crippen LogP contribution in [-0.4, -0.2) is 36.6 Å². The van der Waals surface area contributed by atoms with E-state index in [1.165, 1.54) is 17.7 Å². The first-order valence-electron chi connectivity index (χ1n) is 8.85. The van der Waals surface area contributed by atoms with Gasteiger partial charge in [0.05, 0.1) is 0 Å². The van der Waals surface area contributed by atoms with Gasteiger partial charge in [0, 0.05) is 38.3 Å². The molecule has 0 radical (unpaired) electrons. The van der Waals surface area contributed by atoms with Gasteiger partial charge in [-0.3, -0.25) is 4.90 Å². The van der Waals surface area contributed by atoms with Gasteiger partial charge in [-0.1, -0.05) is 36.4 Å². The van der Waals surface area contributed by atoms with E-state index in [-0.39, 0.29) is 12.1 Å². The second-order valence-corrected chi connectivity index (χ2v) is 6.59. The lowest BCUT2D eigenvalue weighted by Gasteiger charge is -2.17. The van der Waals surface area contributed by atoms with Crippen molar-refractivity contribution >= 4 is 6.03 Å². The van der Waals surface area contributed by atoms with E-state index in [1.54, 1.807) is 0 Å². The Hall–Kier alpha value is -2.47. The molecule has 2 aromatic carbocycles. The molecule has 1 saturated heterocycles. The van der Waals surface area contributed by atoms with Crippen LogP contribution in [0.2, 0.25) is 0 Å². The van der Waals surface area contributed by atoms with Gasteiger partial charge in [0.2, 0.25) is 0 Å². The highest BCUT2D eigenvalue weighted by Crippen LogP contribution is 2.13. The summed E-state index contributed by atoms with van der Waals surface area (Å²) in [6.45, 7) is 2.94. The van der Waals surface area contributed by atoms with Crippen LogP contribution in [0.4, 0.5) is 13.6 Å². The number of hydrogen-bond acceptors (Lipinski definition) is 2. The first-order chi connectivity index (χ1) is 12.6. The summed E-state index contributed by atoms with van der Waals surface area (Å²) < 4.78 is 26.4. The maximum Gasteiger partial charge on any atom is 0.315 e. The first kappa shape index (κ1) is 18.3. The van der Waals surface area contributed by atoms with Gasteiger partial charge in [0.25, 0.3) is 0 Å². The molecular formula is C20H23F2N3O. The summed E-state index contributed by atoms with van der Waals surface area (Å²) in [4.78, 5) is 14.3. The van der Waals surface area contributed by atoms with Crippen molar-refractivity contribution in [3.8, 4) is 0 Å². The second kappa shape index (κ2) is 8.76. The number of amides is 2. The summed E-state index contributed by atoms with van der Waals surface area (Å²) in [5.74, 6) is -1.18. The number of nitrogens with one attached hydrogen (secondary N) is 2. The molecule has 1 aliphatic rings. The third kappa shape index (κ3) is 5.26. The van der Waals surface area contributed by atoms with Crippen molar-refractivity contribution < 1.29 is 13.6 Å². The zero-order chi connectivity index (χ0) is 18.4. The highest BCUT2D eigenvalue weighted by atomic mass is 19.1. The van der Waals surface area contributed by atoms with Crippen molar-refractivity contribution in [2.75, 3.05) is 19.6 Å². The van der Waals surface area contributed by atoms with Gasteiger partial charge in [-0.15, -0.1) is 0 Å². The number of urea groups is 1. The van der Waals surface area contributed by atoms with Crippen LogP contribution in [0.1, 0.15) is 17.5 Å². The molecule has 0 saturated carbocycles. The molecule has 1 heterocycles. The topological polar surface area (TPSA) is 44.4 Å². The molecule has 0 spiro atoms. The van der Waals surface area contributed by atoms with Crippen LogP contribution in [0, 0.1) is 11.6 Å². The van der Waals surface area contributed by atoms with Crippen molar-refractivity contribution in [3.63, 3.8) is 0 Å². The molecule has 1 fully saturated rings. The first-order valence-corrected chi connectivity index (χ1v) is 8.85. The average molecular weight is 359 g/mol. The smallest absolute Gasteiger partial charge is 0.315 e. The van der Waals surface area contributed by atoms with Crippen LogP contribution < -0.4 is 10.6 Å². The summed E-state index contributed by atoms with van der Waals surface area (Å²) in [5, 5.41) is 5.69. The third-order valence-corrected chi connectivity index (χ3v) is 4.55. The number of nitrogens with zero attached hydrogens (tertiary/aromatic N) is 1. The molecule has 138 valence electrons. The molecular weight excluding hydrogens is 336 g/mol. The molecule has 3 rings (SSSR count). The Balaban J connectivity index is 1.37. The fourth-order valence-electron chi connectivity index (χ4n) is 3.21. The number of likely N-dealkylation sites (tertiary alicyclic amines) is 1. The lowest BCUT2D eigenvalue weighted by molar-refractivity contribution is 0.236. The summed E-state index contributed by atoms with van der Waals surface area (Å²) in [6, 6.07) is 13.6. The van der Waals surface area contributed by atoms with Crippen molar-refractivity contribution in [2.45, 2.75) is 25.4 Å². The molecule has 1 unspecified atom stereocenters. The normalized spacial score (nSPS) is 17.2. The number of hydrogen-bond donors (Lipinski definition) is 2. The lowest BCUT2D eigenvalue weighted by atomic mass is 10.1. The van der Waals surface area contributed by atoms with E-state index in [2.05, 4.69) is 27.7 Å². The van der Waals surface area contributed by atoms with Crippen LogP contribution in [-0.2, 0) is 13.0 Å². The van der Waals surface area contributed by atoms with E-state index in [0.29, 0.717) is 18.5 Å². The van der Waals surface area contributed by atoms with Gasteiger partial charge in [-0.2, -0.15) is 0 Å². The molecule has 2 amide bonds. The number of rotatable bonds is 6. The maximum atomic E-state index is 13.6. The third-order valence-electron chi connectivity index (χ3n) is 4.55. The molecule has 0 aromatic heterocycles. The minimum absolute atomic E-state index is 0.112. The number of halogens is 2. The Bertz CT molecular complexity index is 739. The van der Waals surface area contributed by atoms with Gasteiger partial charge in [0.15, 0.2) is 0 Å². The SMILES string of the molecule is O=C(NCCc1ccc(F)cc1F)NC1CCN(Cc2ccccc2)C1. The average Bonchev–Trinajstić information content (AvgIpc) is 3.04. The quantitative estimate of drug-likeness (QED) is 0.833. The van der Waals surface area contributed by atoms with Gasteiger partial charge in [0.1, 0.15) is 11.6 Å². The number of benzene rings is 2. The monoisotopic (exact) mass is 359 g/mol. The minimum atomic E-state index is -0.599. The van der Waals surface area contributed by atoms with Gasteiger partial charge < -0.3 is 10.6 Å². The van der Waals surface area contributed by atoms with E-state index in [4.69, 9.17) is 0 Å². The summed E-state index contributed by atoms with van der Waals surface area (Å²) in [7, 11) is 0. The van der Waals surface area contributed by atoms with Crippen LogP contribution in [0.25, 0.3) is 0 Å². The Kier molecular flexibility index (Phi) is 6.17. The molecule has 0 aliphatic carbocycles. The Morgan fingerprint density at radius 3 is 2.73 bits per heavy atom. The molecule has 0 bridgehead atoms. The highest BCUT2D eigenvalue weighted by Gasteiger charge is 2.23. The highest BCUT2D eigenvalue weighted by molar-refractivity contribution is 5.74. The van der Waals surface area contributed by atoms with Crippen molar-refractivity contribution in [2.24, 2.45) is 0 Å². The maximum absolute atomic E-state index is 13.6. The van der Waals surface area contributed by atoms with Crippen LogP contribution in [0.5, 0.6) is 0 Å². The van der Waals surface area contributed by atoms with Crippen LogP contribution >= 0.6 is 0 Å². The number of carbonyl (C=O) groups is 1. The molecule has 2 N–H and O–H groups in total. The van der Waals surface area contributed by atoms with Crippen molar-refractivity contribution in [1.29, 1.82) is 0 Å². The van der Waals surface area contributed by atoms with E-state index in [0.717, 1.165) is 32.1 Å². The van der Waals surface area contributed by atoms with E-state index >= 15 is 0 Å². The zero-order valence-corrected chi connectivity index (χ0v) is 14.6. The molecule has 26 heavy (non-hydrogen) atoms. The minimum Gasteiger partial charge on any atom is -0.338 e. The second-order valence-electron chi connectivity index (χ2n) is 6.59. The molecule has 4 nitrogen and oxygen atoms in total. The van der Waals surface area contributed by atoms with E-state index in [1.807, 2.05) is 18.2 Å². The van der Waals surface area contributed by atoms with Crippen LogP contribution in [0.3, 0.4) is 0 Å². The Morgan fingerprint density at radius 1 is 1.15 bits per heavy atom.